The highest BCUT2D eigenvalue weighted by molar-refractivity contribution is 5.99. The molecule has 2 fully saturated rings. The summed E-state index contributed by atoms with van der Waals surface area (Å²) in [5.41, 5.74) is 8.94. The molecule has 11 nitrogen and oxygen atoms in total. The van der Waals surface area contributed by atoms with Crippen LogP contribution < -0.4 is 15.8 Å². The Morgan fingerprint density at radius 2 is 1.76 bits per heavy atom. The Balaban J connectivity index is 1.69. The number of nitrogens with two attached hydrogens (primary N) is 1. The topological polar surface area (TPSA) is 128 Å². The number of carbonyl (C=O) groups is 2. The number of nitrogens with one attached hydrogen (secondary N) is 1. The van der Waals surface area contributed by atoms with Crippen LogP contribution in [0.25, 0.3) is 11.1 Å². The summed E-state index contributed by atoms with van der Waals surface area (Å²) < 4.78 is 62.2. The molecule has 4 rings (SSSR count). The van der Waals surface area contributed by atoms with E-state index in [1.54, 1.807) is 13.2 Å². The predicted molar refractivity (Wildman–Crippen MR) is 184 cm³/mol. The molecule has 2 aromatic rings. The van der Waals surface area contributed by atoms with Gasteiger partial charge >= 0.3 is 12.1 Å². The van der Waals surface area contributed by atoms with Gasteiger partial charge in [0.1, 0.15) is 5.75 Å². The summed E-state index contributed by atoms with van der Waals surface area (Å²) in [7, 11) is 1.59. The third kappa shape index (κ3) is 11.7. The average Bonchev–Trinajstić information content (AvgIpc) is 3.11. The van der Waals surface area contributed by atoms with E-state index in [1.807, 2.05) is 43.3 Å². The van der Waals surface area contributed by atoms with E-state index in [-0.39, 0.29) is 12.6 Å². The fourth-order valence-corrected chi connectivity index (χ4v) is 6.24. The molecule has 0 aromatic heterocycles. The van der Waals surface area contributed by atoms with E-state index in [2.05, 4.69) is 20.1 Å². The van der Waals surface area contributed by atoms with Crippen molar-refractivity contribution in [3.8, 4) is 16.9 Å². The van der Waals surface area contributed by atoms with Crippen molar-refractivity contribution in [2.24, 2.45) is 10.7 Å². The van der Waals surface area contributed by atoms with Crippen LogP contribution >= 0.6 is 0 Å². The predicted octanol–water partition coefficient (Wildman–Crippen LogP) is 4.31. The first-order valence-corrected chi connectivity index (χ1v) is 17.3. The smallest absolute Gasteiger partial charge is 0.490 e. The molecule has 0 bridgehead atoms. The van der Waals surface area contributed by atoms with E-state index in [0.29, 0.717) is 49.9 Å². The van der Waals surface area contributed by atoms with Crippen molar-refractivity contribution >= 4 is 17.8 Å². The summed E-state index contributed by atoms with van der Waals surface area (Å²) in [6, 6.07) is 13.8. The van der Waals surface area contributed by atoms with Crippen LogP contribution in [0.3, 0.4) is 0 Å². The Bertz CT molecular complexity index is 1400. The molecule has 2 aromatic carbocycles. The third-order valence-electron chi connectivity index (χ3n) is 8.89. The molecule has 0 aliphatic carbocycles. The lowest BCUT2D eigenvalue weighted by Crippen LogP contribution is -2.48. The minimum Gasteiger partial charge on any atom is -0.493 e. The van der Waals surface area contributed by atoms with E-state index >= 15 is 0 Å². The number of piperidine rings is 1. The number of halogens is 3. The van der Waals surface area contributed by atoms with Gasteiger partial charge in [0.2, 0.25) is 0 Å². The van der Waals surface area contributed by atoms with Gasteiger partial charge < -0.3 is 24.7 Å². The largest absolute Gasteiger partial charge is 0.493 e. The molecule has 0 spiro atoms. The molecule has 276 valence electrons. The monoisotopic (exact) mass is 705 g/mol. The van der Waals surface area contributed by atoms with Gasteiger partial charge in [-0.1, -0.05) is 55.8 Å². The molecule has 0 saturated carbocycles. The molecule has 50 heavy (non-hydrogen) atoms. The van der Waals surface area contributed by atoms with Gasteiger partial charge in [0, 0.05) is 64.3 Å². The number of amides is 1. The van der Waals surface area contributed by atoms with Crippen LogP contribution in [0.5, 0.6) is 5.75 Å². The second-order valence-electron chi connectivity index (χ2n) is 12.5. The number of benzene rings is 2. The second kappa shape index (κ2) is 19.6. The maximum absolute atomic E-state index is 13.4. The van der Waals surface area contributed by atoms with Crippen LogP contribution in [-0.4, -0.2) is 112 Å². The maximum atomic E-state index is 13.4. The summed E-state index contributed by atoms with van der Waals surface area (Å²) >= 11 is 0. The normalized spacial score (nSPS) is 17.3. The Kier molecular flexibility index (Phi) is 15.3. The van der Waals surface area contributed by atoms with Crippen LogP contribution in [0, 0.1) is 0 Å². The molecular formula is C36H50F3N5O6. The number of aliphatic imine (C=N–C) groups is 1. The molecule has 0 radical (unpaired) electrons. The van der Waals surface area contributed by atoms with E-state index in [0.717, 1.165) is 75.3 Å². The summed E-state index contributed by atoms with van der Waals surface area (Å²) in [6.07, 6.45) is -3.52. The van der Waals surface area contributed by atoms with Gasteiger partial charge in [0.05, 0.1) is 19.8 Å². The van der Waals surface area contributed by atoms with Crippen LogP contribution in [-0.2, 0) is 36.8 Å². The molecule has 1 amide bonds. The van der Waals surface area contributed by atoms with Crippen LogP contribution in [0.15, 0.2) is 47.5 Å². The second-order valence-corrected chi connectivity index (χ2v) is 12.5. The Hall–Kier alpha value is -3.72. The number of guanidine groups is 1. The Morgan fingerprint density at radius 1 is 1.04 bits per heavy atom. The van der Waals surface area contributed by atoms with E-state index in [1.165, 1.54) is 0 Å². The minimum atomic E-state index is -5.31. The number of likely N-dealkylation sites (tertiary alicyclic amines) is 1. The number of ether oxygens (including phenoxy) is 4. The molecule has 2 aliphatic rings. The van der Waals surface area contributed by atoms with Gasteiger partial charge in [-0.15, -0.1) is 0 Å². The van der Waals surface area contributed by atoms with E-state index in [4.69, 9.17) is 24.7 Å². The number of esters is 1. The first-order valence-electron chi connectivity index (χ1n) is 17.3. The fraction of sp³-hybridized carbons (Fsp3) is 0.583. The molecule has 2 saturated heterocycles. The van der Waals surface area contributed by atoms with Gasteiger partial charge in [0.15, 0.2) is 12.1 Å². The average molecular weight is 706 g/mol. The lowest BCUT2D eigenvalue weighted by atomic mass is 9.92. The van der Waals surface area contributed by atoms with Crippen LogP contribution in [0.4, 0.5) is 13.2 Å². The fourth-order valence-electron chi connectivity index (χ4n) is 6.24. The molecular weight excluding hydrogens is 655 g/mol. The third-order valence-corrected chi connectivity index (χ3v) is 8.89. The molecule has 1 atom stereocenters. The molecule has 2 aliphatic heterocycles. The van der Waals surface area contributed by atoms with Gasteiger partial charge in [-0.05, 0) is 49.0 Å². The van der Waals surface area contributed by atoms with Crippen molar-refractivity contribution in [3.63, 3.8) is 0 Å². The van der Waals surface area contributed by atoms with Crippen molar-refractivity contribution in [1.29, 1.82) is 0 Å². The van der Waals surface area contributed by atoms with Gasteiger partial charge in [0.25, 0.3) is 5.91 Å². The number of rotatable bonds is 16. The number of hydrogen-bond acceptors (Lipinski definition) is 9. The number of morpholine rings is 1. The van der Waals surface area contributed by atoms with Crippen molar-refractivity contribution in [2.75, 3.05) is 66.3 Å². The highest BCUT2D eigenvalue weighted by atomic mass is 19.4. The van der Waals surface area contributed by atoms with Crippen LogP contribution in [0.2, 0.25) is 0 Å². The number of unbranched alkanes of at least 4 members (excludes halogenated alkanes) is 1. The number of nitrogens with zero attached hydrogens (tertiary/aromatic N) is 3. The van der Waals surface area contributed by atoms with E-state index < -0.39 is 30.6 Å². The molecule has 2 heterocycles. The Morgan fingerprint density at radius 3 is 2.42 bits per heavy atom. The highest BCUT2D eigenvalue weighted by Gasteiger charge is 2.43. The lowest BCUT2D eigenvalue weighted by molar-refractivity contribution is -0.205. The highest BCUT2D eigenvalue weighted by Crippen LogP contribution is 2.37. The standard InChI is InChI=1S/C36H50F3N5O6/c1-3-4-15-41-35(40)42-33(45)31(50-34(46)36(37,38)39)24-27-11-12-29(26-9-6-5-7-10-26)30(32(27)49-21-8-20-47-2)25-43-16-13-28(14-17-43)44-18-22-48-23-19-44/h5-7,9-12,28,31H,3-4,8,13-25H2,1-2H3,(H3,40,41,42,45). The number of methoxy groups -OCH3 is 1. The quantitative estimate of drug-likeness (QED) is 0.114. The van der Waals surface area contributed by atoms with Crippen molar-refractivity contribution in [1.82, 2.24) is 15.1 Å². The summed E-state index contributed by atoms with van der Waals surface area (Å²) in [5, 5.41) is 2.31. The van der Waals surface area contributed by atoms with Gasteiger partial charge in [-0.3, -0.25) is 24.9 Å². The van der Waals surface area contributed by atoms with Crippen molar-refractivity contribution < 1.29 is 41.7 Å². The molecule has 14 heteroatoms. The number of hydrogen-bond donors (Lipinski definition) is 2. The van der Waals surface area contributed by atoms with E-state index in [9.17, 15) is 22.8 Å². The van der Waals surface area contributed by atoms with Crippen LogP contribution in [0.1, 0.15) is 50.2 Å². The summed E-state index contributed by atoms with van der Waals surface area (Å²) in [5.74, 6) is -3.34. The lowest BCUT2D eigenvalue weighted by Gasteiger charge is -2.40. The zero-order valence-corrected chi connectivity index (χ0v) is 29.0. The number of carbonyl (C=O) groups excluding carboxylic acids is 2. The molecule has 3 N–H and O–H groups in total. The zero-order valence-electron chi connectivity index (χ0n) is 29.0. The first kappa shape index (κ1) is 39.1. The zero-order chi connectivity index (χ0) is 35.9. The first-order chi connectivity index (χ1) is 24.1. The number of alkyl halides is 3. The van der Waals surface area contributed by atoms with Gasteiger partial charge in [-0.25, -0.2) is 4.79 Å². The summed E-state index contributed by atoms with van der Waals surface area (Å²) in [6.45, 7) is 8.48. The Labute approximate surface area is 292 Å². The molecule has 1 unspecified atom stereocenters. The van der Waals surface area contributed by atoms with Gasteiger partial charge in [-0.2, -0.15) is 13.2 Å². The maximum Gasteiger partial charge on any atom is 0.490 e. The summed E-state index contributed by atoms with van der Waals surface area (Å²) in [4.78, 5) is 34.3. The van der Waals surface area contributed by atoms with Crippen molar-refractivity contribution in [2.45, 2.75) is 70.3 Å². The SMILES string of the molecule is CCCCN=C(N)NC(=O)C(Cc1ccc(-c2ccccc2)c(CN2CCC(N3CCOCC3)CC2)c1OCCCOC)OC(=O)C(F)(F)F. The van der Waals surface area contributed by atoms with Crippen molar-refractivity contribution in [3.05, 3.63) is 53.6 Å². The minimum absolute atomic E-state index is 0.251.